The van der Waals surface area contributed by atoms with E-state index in [1.54, 1.807) is 0 Å². The lowest BCUT2D eigenvalue weighted by atomic mass is 9.95. The smallest absolute Gasteiger partial charge is 0.132 e. The van der Waals surface area contributed by atoms with Gasteiger partial charge in [0.2, 0.25) is 0 Å². The Kier molecular flexibility index (Phi) is 4.33. The average Bonchev–Trinajstić information content (AvgIpc) is 3.01. The van der Waals surface area contributed by atoms with Gasteiger partial charge in [-0.15, -0.1) is 0 Å². The fourth-order valence-corrected chi connectivity index (χ4v) is 3.86. The van der Waals surface area contributed by atoms with E-state index in [2.05, 4.69) is 10.00 Å². The zero-order valence-corrected chi connectivity index (χ0v) is 13.6. The van der Waals surface area contributed by atoms with E-state index in [-0.39, 0.29) is 0 Å². The summed E-state index contributed by atoms with van der Waals surface area (Å²) in [5.74, 6) is 0.914. The minimum atomic E-state index is 0.563. The molecule has 1 aliphatic carbocycles. The summed E-state index contributed by atoms with van der Waals surface area (Å²) in [5, 5.41) is 8.47. The van der Waals surface area contributed by atoms with Gasteiger partial charge in [0.1, 0.15) is 18.1 Å². The van der Waals surface area contributed by atoms with Crippen molar-refractivity contribution in [1.82, 2.24) is 15.1 Å². The molecule has 1 aromatic heterocycles. The number of fused-ring (bicyclic) bond motifs is 1. The second kappa shape index (κ2) is 6.75. The van der Waals surface area contributed by atoms with Gasteiger partial charge in [0.15, 0.2) is 0 Å². The Morgan fingerprint density at radius 1 is 1.13 bits per heavy atom. The Balaban J connectivity index is 1.57. The van der Waals surface area contributed by atoms with Gasteiger partial charge in [-0.1, -0.05) is 37.5 Å². The number of nitrogens with one attached hydrogen (secondary N) is 1. The first kappa shape index (κ1) is 14.8. The Bertz CT molecular complexity index is 644. The van der Waals surface area contributed by atoms with Crippen molar-refractivity contribution in [1.29, 1.82) is 0 Å². The van der Waals surface area contributed by atoms with Crippen molar-refractivity contribution < 1.29 is 4.74 Å². The number of rotatable bonds is 4. The van der Waals surface area contributed by atoms with E-state index in [4.69, 9.17) is 9.84 Å². The van der Waals surface area contributed by atoms with Crippen LogP contribution in [0.4, 0.5) is 0 Å². The summed E-state index contributed by atoms with van der Waals surface area (Å²) in [6.07, 6.45) is 7.71. The number of hydrogen-bond acceptors (Lipinski definition) is 3. The van der Waals surface area contributed by atoms with Crippen molar-refractivity contribution in [2.75, 3.05) is 6.54 Å². The van der Waals surface area contributed by atoms with Crippen LogP contribution in [-0.4, -0.2) is 16.3 Å². The van der Waals surface area contributed by atoms with E-state index < -0.39 is 0 Å². The van der Waals surface area contributed by atoms with Gasteiger partial charge in [0, 0.05) is 30.8 Å². The Labute approximate surface area is 137 Å². The molecule has 0 spiro atoms. The van der Waals surface area contributed by atoms with Crippen LogP contribution in [0.25, 0.3) is 0 Å². The van der Waals surface area contributed by atoms with Crippen LogP contribution >= 0.6 is 0 Å². The molecule has 1 N–H and O–H groups in total. The molecule has 4 nitrogen and oxygen atoms in total. The van der Waals surface area contributed by atoms with E-state index in [1.165, 1.54) is 43.4 Å². The molecule has 1 saturated carbocycles. The van der Waals surface area contributed by atoms with Crippen LogP contribution in [0, 0.1) is 0 Å². The maximum absolute atomic E-state index is 5.96. The van der Waals surface area contributed by atoms with Gasteiger partial charge in [0.25, 0.3) is 0 Å². The van der Waals surface area contributed by atoms with Crippen LogP contribution < -0.4 is 10.1 Å². The van der Waals surface area contributed by atoms with Crippen molar-refractivity contribution in [3.63, 3.8) is 0 Å². The molecule has 2 aromatic rings. The summed E-state index contributed by atoms with van der Waals surface area (Å²) >= 11 is 0. The predicted octanol–water partition coefficient (Wildman–Crippen LogP) is 3.61. The molecule has 0 saturated heterocycles. The van der Waals surface area contributed by atoms with Crippen LogP contribution in [0.15, 0.2) is 30.3 Å². The molecule has 0 unspecified atom stereocenters. The largest absolute Gasteiger partial charge is 0.487 e. The van der Waals surface area contributed by atoms with Crippen LogP contribution in [-0.2, 0) is 19.6 Å². The number of nitrogens with zero attached hydrogens (tertiary/aromatic N) is 2. The molecule has 4 rings (SSSR count). The minimum absolute atomic E-state index is 0.563. The number of ether oxygens (including phenoxy) is 1. The summed E-state index contributed by atoms with van der Waals surface area (Å²) in [4.78, 5) is 0. The van der Waals surface area contributed by atoms with Gasteiger partial charge < -0.3 is 10.1 Å². The van der Waals surface area contributed by atoms with Crippen LogP contribution in [0.5, 0.6) is 5.75 Å². The van der Waals surface area contributed by atoms with E-state index in [1.807, 2.05) is 30.3 Å². The number of benzene rings is 1. The second-order valence-electron chi connectivity index (χ2n) is 6.64. The Morgan fingerprint density at radius 3 is 2.78 bits per heavy atom. The average molecular weight is 311 g/mol. The monoisotopic (exact) mass is 311 g/mol. The van der Waals surface area contributed by atoms with Gasteiger partial charge >= 0.3 is 0 Å². The third-order valence-corrected chi connectivity index (χ3v) is 5.08. The highest BCUT2D eigenvalue weighted by atomic mass is 16.5. The van der Waals surface area contributed by atoms with E-state index in [9.17, 15) is 0 Å². The fourth-order valence-electron chi connectivity index (χ4n) is 3.86. The molecule has 2 heterocycles. The molecule has 2 aliphatic rings. The maximum atomic E-state index is 5.96. The quantitative estimate of drug-likeness (QED) is 0.937. The maximum Gasteiger partial charge on any atom is 0.132 e. The normalized spacial score (nSPS) is 18.6. The minimum Gasteiger partial charge on any atom is -0.487 e. The molecule has 122 valence electrons. The first-order valence-corrected chi connectivity index (χ1v) is 8.89. The van der Waals surface area contributed by atoms with Gasteiger partial charge in [-0.25, -0.2) is 0 Å². The highest BCUT2D eigenvalue weighted by molar-refractivity contribution is 5.30. The summed E-state index contributed by atoms with van der Waals surface area (Å²) in [6.45, 7) is 2.55. The van der Waals surface area contributed by atoms with Crippen molar-refractivity contribution in [3.05, 3.63) is 47.3 Å². The lowest BCUT2D eigenvalue weighted by Crippen LogP contribution is -2.26. The first-order chi connectivity index (χ1) is 11.4. The number of para-hydroxylation sites is 1. The molecular weight excluding hydrogens is 286 g/mol. The van der Waals surface area contributed by atoms with Crippen LogP contribution in [0.1, 0.15) is 55.1 Å². The molecule has 0 atom stereocenters. The predicted molar refractivity (Wildman–Crippen MR) is 90.5 cm³/mol. The lowest BCUT2D eigenvalue weighted by molar-refractivity contribution is 0.289. The zero-order valence-electron chi connectivity index (χ0n) is 13.6. The molecule has 4 heteroatoms. The van der Waals surface area contributed by atoms with Gasteiger partial charge in [-0.05, 0) is 25.0 Å². The highest BCUT2D eigenvalue weighted by Crippen LogP contribution is 2.31. The van der Waals surface area contributed by atoms with E-state index in [0.717, 1.165) is 31.0 Å². The van der Waals surface area contributed by atoms with Crippen LogP contribution in [0.2, 0.25) is 0 Å². The molecule has 1 fully saturated rings. The molecule has 1 aliphatic heterocycles. The van der Waals surface area contributed by atoms with Gasteiger partial charge in [0.05, 0.1) is 6.04 Å². The molecule has 0 radical (unpaired) electrons. The standard InChI is InChI=1S/C19H25N3O/c1-3-7-15(8-4-1)22-19-11-12-20-13-17(19)18(21-22)14-23-16-9-5-2-6-10-16/h2,5-6,9-10,15,20H,1,3-4,7-8,11-14H2. The lowest BCUT2D eigenvalue weighted by Gasteiger charge is -2.25. The topological polar surface area (TPSA) is 39.1 Å². The molecular formula is C19H25N3O. The SMILES string of the molecule is c1ccc(OCc2nn(C3CCCCC3)c3c2CNCC3)cc1. The molecule has 0 bridgehead atoms. The van der Waals surface area contributed by atoms with Crippen molar-refractivity contribution in [3.8, 4) is 5.75 Å². The Hall–Kier alpha value is -1.81. The fraction of sp³-hybridized carbons (Fsp3) is 0.526. The summed E-state index contributed by atoms with van der Waals surface area (Å²) in [5.41, 5.74) is 3.93. The molecule has 23 heavy (non-hydrogen) atoms. The van der Waals surface area contributed by atoms with Crippen molar-refractivity contribution >= 4 is 0 Å². The van der Waals surface area contributed by atoms with Gasteiger partial charge in [-0.2, -0.15) is 5.10 Å². The third-order valence-electron chi connectivity index (χ3n) is 5.08. The number of aromatic nitrogens is 2. The highest BCUT2D eigenvalue weighted by Gasteiger charge is 2.25. The second-order valence-corrected chi connectivity index (χ2v) is 6.64. The van der Waals surface area contributed by atoms with Gasteiger partial charge in [-0.3, -0.25) is 4.68 Å². The number of hydrogen-bond donors (Lipinski definition) is 1. The summed E-state index contributed by atoms with van der Waals surface area (Å²) in [7, 11) is 0. The van der Waals surface area contributed by atoms with Crippen molar-refractivity contribution in [2.24, 2.45) is 0 Å². The summed E-state index contributed by atoms with van der Waals surface area (Å²) in [6, 6.07) is 10.6. The van der Waals surface area contributed by atoms with E-state index >= 15 is 0 Å². The van der Waals surface area contributed by atoms with Crippen LogP contribution in [0.3, 0.4) is 0 Å². The van der Waals surface area contributed by atoms with E-state index in [0.29, 0.717) is 12.6 Å². The third kappa shape index (κ3) is 3.13. The first-order valence-electron chi connectivity index (χ1n) is 8.89. The van der Waals surface area contributed by atoms with Crippen molar-refractivity contribution in [2.45, 2.75) is 57.7 Å². The molecule has 1 aromatic carbocycles. The molecule has 0 amide bonds. The summed E-state index contributed by atoms with van der Waals surface area (Å²) < 4.78 is 8.30. The zero-order chi connectivity index (χ0) is 15.5. The Morgan fingerprint density at radius 2 is 1.96 bits per heavy atom.